The number of halogens is 2. The van der Waals surface area contributed by atoms with Crippen LogP contribution < -0.4 is 5.73 Å². The van der Waals surface area contributed by atoms with Crippen molar-refractivity contribution in [2.45, 2.75) is 12.8 Å². The van der Waals surface area contributed by atoms with Gasteiger partial charge in [0.15, 0.2) is 0 Å². The minimum atomic E-state index is -2.67. The van der Waals surface area contributed by atoms with Crippen molar-refractivity contribution in [3.8, 4) is 0 Å². The summed E-state index contributed by atoms with van der Waals surface area (Å²) in [6.45, 7) is 0. The maximum atomic E-state index is 12.2. The molecule has 0 saturated carbocycles. The van der Waals surface area contributed by atoms with Gasteiger partial charge in [-0.2, -0.15) is 0 Å². The molecule has 1 rings (SSSR count). The van der Waals surface area contributed by atoms with Gasteiger partial charge in [-0.15, -0.1) is 0 Å². The van der Waals surface area contributed by atoms with Gasteiger partial charge in [0, 0.05) is 17.4 Å². The topological polar surface area (TPSA) is 65.2 Å². The van der Waals surface area contributed by atoms with E-state index in [4.69, 9.17) is 5.73 Å². The monoisotopic (exact) mass is 216 g/mol. The van der Waals surface area contributed by atoms with Crippen LogP contribution in [-0.2, 0) is 16.0 Å². The van der Waals surface area contributed by atoms with Crippen molar-refractivity contribution in [2.75, 3.05) is 12.8 Å². The van der Waals surface area contributed by atoms with Crippen LogP contribution in [0.4, 0.5) is 14.5 Å². The van der Waals surface area contributed by atoms with E-state index in [0.717, 1.165) is 12.3 Å². The number of methoxy groups -OCH3 is 1. The SMILES string of the molecule is COC(=O)Cc1cnc(C(F)F)cc1N. The number of hydrogen-bond donors (Lipinski definition) is 1. The number of esters is 1. The fourth-order valence-electron chi connectivity index (χ4n) is 1.01. The van der Waals surface area contributed by atoms with E-state index in [2.05, 4.69) is 9.72 Å². The Hall–Kier alpha value is -1.72. The molecule has 0 fully saturated rings. The van der Waals surface area contributed by atoms with Crippen LogP contribution >= 0.6 is 0 Å². The first-order chi connectivity index (χ1) is 7.04. The largest absolute Gasteiger partial charge is 0.469 e. The zero-order valence-corrected chi connectivity index (χ0v) is 8.04. The lowest BCUT2D eigenvalue weighted by Crippen LogP contribution is -2.08. The van der Waals surface area contributed by atoms with Crippen molar-refractivity contribution in [3.05, 3.63) is 23.5 Å². The molecular weight excluding hydrogens is 206 g/mol. The van der Waals surface area contributed by atoms with Gasteiger partial charge in [-0.3, -0.25) is 9.78 Å². The molecule has 0 spiro atoms. The Morgan fingerprint density at radius 3 is 2.80 bits per heavy atom. The van der Waals surface area contributed by atoms with Gasteiger partial charge in [0.05, 0.1) is 13.5 Å². The van der Waals surface area contributed by atoms with Gasteiger partial charge >= 0.3 is 5.97 Å². The molecule has 1 heterocycles. The summed E-state index contributed by atoms with van der Waals surface area (Å²) in [6.07, 6.45) is -1.58. The highest BCUT2D eigenvalue weighted by molar-refractivity contribution is 5.74. The van der Waals surface area contributed by atoms with Crippen molar-refractivity contribution in [3.63, 3.8) is 0 Å². The zero-order valence-electron chi connectivity index (χ0n) is 8.04. The van der Waals surface area contributed by atoms with E-state index < -0.39 is 18.1 Å². The summed E-state index contributed by atoms with van der Waals surface area (Å²) in [5, 5.41) is 0. The number of hydrogen-bond acceptors (Lipinski definition) is 4. The lowest BCUT2D eigenvalue weighted by molar-refractivity contribution is -0.139. The van der Waals surface area contributed by atoms with E-state index in [-0.39, 0.29) is 12.1 Å². The summed E-state index contributed by atoms with van der Waals surface area (Å²) in [4.78, 5) is 14.4. The van der Waals surface area contributed by atoms with Crippen molar-refractivity contribution in [2.24, 2.45) is 0 Å². The fraction of sp³-hybridized carbons (Fsp3) is 0.333. The molecule has 0 atom stereocenters. The molecule has 1 aromatic rings. The summed E-state index contributed by atoms with van der Waals surface area (Å²) in [5.41, 5.74) is 5.58. The summed E-state index contributed by atoms with van der Waals surface area (Å²) in [6, 6.07) is 1.06. The first kappa shape index (κ1) is 11.4. The number of nitrogens with zero attached hydrogens (tertiary/aromatic N) is 1. The van der Waals surface area contributed by atoms with E-state index in [1.807, 2.05) is 0 Å². The molecule has 0 aromatic carbocycles. The summed E-state index contributed by atoms with van der Waals surface area (Å²) >= 11 is 0. The predicted molar refractivity (Wildman–Crippen MR) is 49.3 cm³/mol. The molecule has 4 nitrogen and oxygen atoms in total. The fourth-order valence-corrected chi connectivity index (χ4v) is 1.01. The summed E-state index contributed by atoms with van der Waals surface area (Å²) in [5.74, 6) is -0.492. The van der Waals surface area contributed by atoms with Crippen LogP contribution in [0.25, 0.3) is 0 Å². The Kier molecular flexibility index (Phi) is 3.54. The first-order valence-corrected chi connectivity index (χ1v) is 4.14. The van der Waals surface area contributed by atoms with Gasteiger partial charge in [0.1, 0.15) is 5.69 Å². The molecule has 0 aliphatic rings. The number of nitrogens with two attached hydrogens (primary N) is 1. The number of ether oxygens (including phenoxy) is 1. The number of aromatic nitrogens is 1. The highest BCUT2D eigenvalue weighted by Crippen LogP contribution is 2.20. The number of carbonyl (C=O) groups is 1. The van der Waals surface area contributed by atoms with Gasteiger partial charge in [-0.05, 0) is 6.07 Å². The van der Waals surface area contributed by atoms with Crippen LogP contribution in [0.2, 0.25) is 0 Å². The van der Waals surface area contributed by atoms with Gasteiger partial charge in [0.25, 0.3) is 6.43 Å². The third-order valence-corrected chi connectivity index (χ3v) is 1.83. The second kappa shape index (κ2) is 4.68. The van der Waals surface area contributed by atoms with Crippen LogP contribution in [0.3, 0.4) is 0 Å². The molecule has 1 aromatic heterocycles. The summed E-state index contributed by atoms with van der Waals surface area (Å²) < 4.78 is 28.8. The van der Waals surface area contributed by atoms with Gasteiger partial charge in [-0.1, -0.05) is 0 Å². The van der Waals surface area contributed by atoms with Gasteiger partial charge in [0.2, 0.25) is 0 Å². The van der Waals surface area contributed by atoms with Crippen LogP contribution in [0.1, 0.15) is 17.7 Å². The van der Waals surface area contributed by atoms with Crippen molar-refractivity contribution >= 4 is 11.7 Å². The Morgan fingerprint density at radius 1 is 1.67 bits per heavy atom. The molecule has 0 radical (unpaired) electrons. The zero-order chi connectivity index (χ0) is 11.4. The smallest absolute Gasteiger partial charge is 0.310 e. The van der Waals surface area contributed by atoms with E-state index >= 15 is 0 Å². The molecule has 0 aliphatic carbocycles. The summed E-state index contributed by atoms with van der Waals surface area (Å²) in [7, 11) is 1.24. The lowest BCUT2D eigenvalue weighted by Gasteiger charge is -2.05. The molecule has 15 heavy (non-hydrogen) atoms. The molecule has 0 unspecified atom stereocenters. The van der Waals surface area contributed by atoms with Crippen molar-refractivity contribution in [1.82, 2.24) is 4.98 Å². The van der Waals surface area contributed by atoms with Crippen molar-refractivity contribution < 1.29 is 18.3 Å². The average molecular weight is 216 g/mol. The van der Waals surface area contributed by atoms with E-state index in [9.17, 15) is 13.6 Å². The molecule has 0 amide bonds. The third-order valence-electron chi connectivity index (χ3n) is 1.83. The molecule has 0 aliphatic heterocycles. The highest BCUT2D eigenvalue weighted by atomic mass is 19.3. The van der Waals surface area contributed by atoms with Crippen LogP contribution in [-0.4, -0.2) is 18.1 Å². The van der Waals surface area contributed by atoms with Gasteiger partial charge < -0.3 is 10.5 Å². The average Bonchev–Trinajstić information content (AvgIpc) is 2.20. The lowest BCUT2D eigenvalue weighted by atomic mass is 10.1. The van der Waals surface area contributed by atoms with Gasteiger partial charge in [-0.25, -0.2) is 8.78 Å². The number of pyridine rings is 1. The highest BCUT2D eigenvalue weighted by Gasteiger charge is 2.12. The second-order valence-electron chi connectivity index (χ2n) is 2.86. The van der Waals surface area contributed by atoms with E-state index in [1.54, 1.807) is 0 Å². The number of carbonyl (C=O) groups excluding carboxylic acids is 1. The Labute approximate surface area is 85.1 Å². The predicted octanol–water partition coefficient (Wildman–Crippen LogP) is 1.32. The molecule has 0 bridgehead atoms. The Morgan fingerprint density at radius 2 is 2.33 bits per heavy atom. The molecule has 0 saturated heterocycles. The minimum Gasteiger partial charge on any atom is -0.469 e. The number of nitrogen functional groups attached to an aromatic ring is 1. The van der Waals surface area contributed by atoms with Crippen LogP contribution in [0.15, 0.2) is 12.3 Å². The maximum Gasteiger partial charge on any atom is 0.310 e. The second-order valence-corrected chi connectivity index (χ2v) is 2.86. The maximum absolute atomic E-state index is 12.2. The van der Waals surface area contributed by atoms with Crippen LogP contribution in [0.5, 0.6) is 0 Å². The quantitative estimate of drug-likeness (QED) is 0.774. The number of anilines is 1. The van der Waals surface area contributed by atoms with Crippen LogP contribution in [0, 0.1) is 0 Å². The van der Waals surface area contributed by atoms with E-state index in [0.29, 0.717) is 5.56 Å². The molecular formula is C9H10F2N2O2. The third kappa shape index (κ3) is 2.87. The first-order valence-electron chi connectivity index (χ1n) is 4.14. The Balaban J connectivity index is 2.88. The van der Waals surface area contributed by atoms with E-state index in [1.165, 1.54) is 7.11 Å². The number of rotatable bonds is 3. The normalized spacial score (nSPS) is 10.4. The minimum absolute atomic E-state index is 0.0706. The molecule has 2 N–H and O–H groups in total. The van der Waals surface area contributed by atoms with Crippen molar-refractivity contribution in [1.29, 1.82) is 0 Å². The molecule has 6 heteroatoms. The standard InChI is InChI=1S/C9H10F2N2O2/c1-15-8(14)2-5-4-13-7(9(10)11)3-6(5)12/h3-4,9H,2H2,1H3,(H2,12,13). The Bertz CT molecular complexity index is 369. The number of alkyl halides is 2. The molecule has 82 valence electrons.